The Morgan fingerprint density at radius 1 is 0.867 bits per heavy atom. The van der Waals surface area contributed by atoms with Crippen molar-refractivity contribution in [1.29, 1.82) is 0 Å². The highest BCUT2D eigenvalue weighted by Gasteiger charge is 2.17. The van der Waals surface area contributed by atoms with Crippen LogP contribution in [0.15, 0.2) is 79.3 Å². The topological polar surface area (TPSA) is 82.5 Å². The number of hydrogen-bond donors (Lipinski definition) is 1. The van der Waals surface area contributed by atoms with E-state index in [4.69, 9.17) is 15.7 Å². The van der Waals surface area contributed by atoms with Gasteiger partial charge >= 0.3 is 0 Å². The van der Waals surface area contributed by atoms with Crippen LogP contribution < -0.4 is 5.73 Å². The Labute approximate surface area is 174 Å². The third kappa shape index (κ3) is 3.08. The fourth-order valence-corrected chi connectivity index (χ4v) is 3.67. The van der Waals surface area contributed by atoms with Gasteiger partial charge in [-0.25, -0.2) is 15.0 Å². The van der Waals surface area contributed by atoms with Gasteiger partial charge in [-0.05, 0) is 30.2 Å². The van der Waals surface area contributed by atoms with Crippen molar-refractivity contribution >= 4 is 16.9 Å². The lowest BCUT2D eigenvalue weighted by atomic mass is 10.0. The highest BCUT2D eigenvalue weighted by molar-refractivity contribution is 5.82. The molecule has 0 aliphatic heterocycles. The monoisotopic (exact) mass is 392 g/mol. The van der Waals surface area contributed by atoms with Crippen molar-refractivity contribution in [2.45, 2.75) is 13.5 Å². The second-order valence-electron chi connectivity index (χ2n) is 6.98. The number of nitrogen functional groups attached to an aromatic ring is 1. The van der Waals surface area contributed by atoms with Crippen molar-refractivity contribution in [1.82, 2.24) is 24.5 Å². The number of hydrogen-bond acceptors (Lipinski definition) is 5. The third-order valence-corrected chi connectivity index (χ3v) is 5.14. The average molecular weight is 392 g/mol. The van der Waals surface area contributed by atoms with E-state index in [0.29, 0.717) is 17.3 Å². The first-order valence-corrected chi connectivity index (χ1v) is 9.83. The zero-order chi connectivity index (χ0) is 20.5. The number of fused-ring (bicyclic) bond motifs is 1. The van der Waals surface area contributed by atoms with Crippen LogP contribution in [0.3, 0.4) is 0 Å². The van der Waals surface area contributed by atoms with E-state index in [1.54, 1.807) is 18.6 Å². The number of pyridine rings is 1. The van der Waals surface area contributed by atoms with Crippen molar-refractivity contribution in [3.63, 3.8) is 0 Å². The molecule has 2 aromatic carbocycles. The van der Waals surface area contributed by atoms with Crippen LogP contribution in [-0.4, -0.2) is 24.5 Å². The number of aryl methyl sites for hydroxylation is 1. The van der Waals surface area contributed by atoms with Crippen molar-refractivity contribution in [3.8, 4) is 33.9 Å². The van der Waals surface area contributed by atoms with Gasteiger partial charge in [0.15, 0.2) is 11.6 Å². The number of imidazole rings is 1. The third-order valence-electron chi connectivity index (χ3n) is 5.14. The zero-order valence-corrected chi connectivity index (χ0v) is 16.5. The maximum absolute atomic E-state index is 6.22. The fraction of sp³-hybridized carbons (Fsp3) is 0.0833. The number of aromatic nitrogens is 5. The minimum atomic E-state index is 0.357. The van der Waals surface area contributed by atoms with E-state index < -0.39 is 0 Å². The average Bonchev–Trinajstić information content (AvgIpc) is 3.18. The van der Waals surface area contributed by atoms with Crippen molar-refractivity contribution in [3.05, 3.63) is 79.3 Å². The first-order chi connectivity index (χ1) is 14.7. The lowest BCUT2D eigenvalue weighted by molar-refractivity contribution is 0.793. The standard InChI is InChI=1S/C24H20N6/c1-2-30-21-11-12-26-14-20(21)29-24(30)22-23(25)27-15-19(28-22)18-10-6-9-17(13-18)16-7-4-3-5-8-16/h3-15H,2H2,1H3,(H2,25,27). The summed E-state index contributed by atoms with van der Waals surface area (Å²) in [6.45, 7) is 2.81. The maximum atomic E-state index is 6.22. The minimum absolute atomic E-state index is 0.357. The molecule has 5 rings (SSSR count). The molecule has 146 valence electrons. The molecule has 6 heteroatoms. The van der Waals surface area contributed by atoms with Crippen molar-refractivity contribution < 1.29 is 0 Å². The normalized spacial score (nSPS) is 11.1. The molecular weight excluding hydrogens is 372 g/mol. The van der Waals surface area contributed by atoms with Gasteiger partial charge < -0.3 is 10.3 Å². The summed E-state index contributed by atoms with van der Waals surface area (Å²) in [5, 5.41) is 0. The summed E-state index contributed by atoms with van der Waals surface area (Å²) < 4.78 is 2.08. The summed E-state index contributed by atoms with van der Waals surface area (Å²) in [5.41, 5.74) is 12.6. The highest BCUT2D eigenvalue weighted by Crippen LogP contribution is 2.30. The molecule has 0 aliphatic rings. The lowest BCUT2D eigenvalue weighted by Gasteiger charge is -2.10. The van der Waals surface area contributed by atoms with E-state index in [-0.39, 0.29) is 0 Å². The largest absolute Gasteiger partial charge is 0.382 e. The van der Waals surface area contributed by atoms with Crippen LogP contribution in [0, 0.1) is 0 Å². The van der Waals surface area contributed by atoms with Gasteiger partial charge in [0.2, 0.25) is 0 Å². The molecule has 0 atom stereocenters. The number of nitrogens with two attached hydrogens (primary N) is 1. The van der Waals surface area contributed by atoms with Gasteiger partial charge in [0.25, 0.3) is 0 Å². The molecule has 3 aromatic heterocycles. The number of anilines is 1. The molecule has 0 saturated heterocycles. The predicted molar refractivity (Wildman–Crippen MR) is 120 cm³/mol. The molecule has 0 aliphatic carbocycles. The number of nitrogens with zero attached hydrogens (tertiary/aromatic N) is 5. The molecule has 0 saturated carbocycles. The van der Waals surface area contributed by atoms with E-state index in [9.17, 15) is 0 Å². The Kier molecular flexibility index (Phi) is 4.44. The van der Waals surface area contributed by atoms with Gasteiger partial charge in [0.05, 0.1) is 23.6 Å². The van der Waals surface area contributed by atoms with Crippen LogP contribution in [0.25, 0.3) is 44.9 Å². The minimum Gasteiger partial charge on any atom is -0.382 e. The second kappa shape index (κ2) is 7.40. The first-order valence-electron chi connectivity index (χ1n) is 9.83. The maximum Gasteiger partial charge on any atom is 0.163 e. The Morgan fingerprint density at radius 3 is 2.50 bits per heavy atom. The van der Waals surface area contributed by atoms with E-state index >= 15 is 0 Å². The molecule has 30 heavy (non-hydrogen) atoms. The van der Waals surface area contributed by atoms with Gasteiger partial charge in [-0.15, -0.1) is 0 Å². The second-order valence-corrected chi connectivity index (χ2v) is 6.98. The summed E-state index contributed by atoms with van der Waals surface area (Å²) in [4.78, 5) is 18.2. The molecule has 3 heterocycles. The molecule has 2 N–H and O–H groups in total. The van der Waals surface area contributed by atoms with Gasteiger partial charge in [-0.2, -0.15) is 0 Å². The van der Waals surface area contributed by atoms with Gasteiger partial charge in [-0.1, -0.05) is 48.5 Å². The fourth-order valence-electron chi connectivity index (χ4n) is 3.67. The van der Waals surface area contributed by atoms with Crippen LogP contribution in [0.1, 0.15) is 6.92 Å². The Morgan fingerprint density at radius 2 is 1.67 bits per heavy atom. The van der Waals surface area contributed by atoms with Crippen LogP contribution >= 0.6 is 0 Å². The molecular formula is C24H20N6. The van der Waals surface area contributed by atoms with Gasteiger partial charge in [-0.3, -0.25) is 4.98 Å². The van der Waals surface area contributed by atoms with Crippen LogP contribution in [0.4, 0.5) is 5.82 Å². The Balaban J connectivity index is 1.64. The molecule has 0 unspecified atom stereocenters. The Bertz CT molecular complexity index is 1340. The Hall–Kier alpha value is -4.06. The highest BCUT2D eigenvalue weighted by atomic mass is 15.1. The van der Waals surface area contributed by atoms with Crippen LogP contribution in [-0.2, 0) is 6.54 Å². The van der Waals surface area contributed by atoms with Gasteiger partial charge in [0, 0.05) is 18.3 Å². The number of benzene rings is 2. The van der Waals surface area contributed by atoms with Crippen LogP contribution in [0.5, 0.6) is 0 Å². The van der Waals surface area contributed by atoms with Crippen molar-refractivity contribution in [2.24, 2.45) is 0 Å². The summed E-state index contributed by atoms with van der Waals surface area (Å²) in [7, 11) is 0. The van der Waals surface area contributed by atoms with Crippen molar-refractivity contribution in [2.75, 3.05) is 5.73 Å². The zero-order valence-electron chi connectivity index (χ0n) is 16.5. The smallest absolute Gasteiger partial charge is 0.163 e. The SMILES string of the molecule is CCn1c(-c2nc(-c3cccc(-c4ccccc4)c3)cnc2N)nc2cnccc21. The summed E-state index contributed by atoms with van der Waals surface area (Å²) >= 11 is 0. The molecule has 0 fully saturated rings. The number of rotatable bonds is 4. The first kappa shape index (κ1) is 18.0. The van der Waals surface area contributed by atoms with E-state index in [2.05, 4.69) is 45.7 Å². The van der Waals surface area contributed by atoms with E-state index in [1.807, 2.05) is 36.4 Å². The summed E-state index contributed by atoms with van der Waals surface area (Å²) in [6, 6.07) is 20.5. The molecule has 0 spiro atoms. The van der Waals surface area contributed by atoms with Crippen LogP contribution in [0.2, 0.25) is 0 Å². The quantitative estimate of drug-likeness (QED) is 0.474. The summed E-state index contributed by atoms with van der Waals surface area (Å²) in [6.07, 6.45) is 5.23. The molecule has 0 bridgehead atoms. The van der Waals surface area contributed by atoms with E-state index in [1.165, 1.54) is 0 Å². The summed E-state index contributed by atoms with van der Waals surface area (Å²) in [5.74, 6) is 1.06. The molecule has 5 aromatic rings. The molecule has 0 amide bonds. The van der Waals surface area contributed by atoms with E-state index in [0.717, 1.165) is 40.0 Å². The predicted octanol–water partition coefficient (Wildman–Crippen LogP) is 4.82. The van der Waals surface area contributed by atoms with Gasteiger partial charge in [0.1, 0.15) is 11.2 Å². The molecule has 0 radical (unpaired) electrons. The molecule has 6 nitrogen and oxygen atoms in total. The lowest BCUT2D eigenvalue weighted by Crippen LogP contribution is -2.04.